The van der Waals surface area contributed by atoms with E-state index < -0.39 is 17.0 Å². The average molecular weight is 448 g/mol. The van der Waals surface area contributed by atoms with E-state index in [0.29, 0.717) is 5.75 Å². The molecule has 1 N–H and O–H groups in total. The van der Waals surface area contributed by atoms with Gasteiger partial charge in [0, 0.05) is 11.8 Å². The Morgan fingerprint density at radius 1 is 0.929 bits per heavy atom. The third kappa shape index (κ3) is 7.11. The molecular formula is C23H23Cl2NOTi. The van der Waals surface area contributed by atoms with Gasteiger partial charge in [0.25, 0.3) is 0 Å². The van der Waals surface area contributed by atoms with Gasteiger partial charge in [-0.3, -0.25) is 4.99 Å². The molecule has 0 aromatic heterocycles. The molecule has 0 saturated carbocycles. The summed E-state index contributed by atoms with van der Waals surface area (Å²) >= 11 is -0.556. The molecule has 0 bridgehead atoms. The summed E-state index contributed by atoms with van der Waals surface area (Å²) in [6.07, 6.45) is 4.78. The maximum absolute atomic E-state index is 10.7. The molecule has 0 amide bonds. The third-order valence-electron chi connectivity index (χ3n) is 4.23. The SMILES string of the molecule is CCCCc1cc(-c2ccccc2)cc(C=Nc2ccccc2)c1O.[Cl][Ti][Cl]. The summed E-state index contributed by atoms with van der Waals surface area (Å²) in [5, 5.41) is 10.7. The van der Waals surface area contributed by atoms with Crippen LogP contribution in [0.1, 0.15) is 30.9 Å². The van der Waals surface area contributed by atoms with Gasteiger partial charge in [0.1, 0.15) is 5.75 Å². The Bertz CT molecular complexity index is 871. The molecule has 3 aromatic rings. The van der Waals surface area contributed by atoms with Crippen molar-refractivity contribution in [3.63, 3.8) is 0 Å². The predicted molar refractivity (Wildman–Crippen MR) is 118 cm³/mol. The summed E-state index contributed by atoms with van der Waals surface area (Å²) in [6.45, 7) is 2.16. The topological polar surface area (TPSA) is 32.6 Å². The molecule has 0 aliphatic carbocycles. The number of hydrogen-bond donors (Lipinski definition) is 1. The predicted octanol–water partition coefficient (Wildman–Crippen LogP) is 7.53. The van der Waals surface area contributed by atoms with E-state index in [1.807, 2.05) is 54.6 Å². The number of halogens is 2. The first-order valence-electron chi connectivity index (χ1n) is 9.16. The fourth-order valence-electron chi connectivity index (χ4n) is 2.83. The molecule has 0 unspecified atom stereocenters. The zero-order chi connectivity index (χ0) is 20.2. The van der Waals surface area contributed by atoms with Crippen LogP contribution in [0.2, 0.25) is 0 Å². The number of benzene rings is 3. The second-order valence-corrected chi connectivity index (χ2v) is 8.79. The number of hydrogen-bond acceptors (Lipinski definition) is 2. The van der Waals surface area contributed by atoms with E-state index in [-0.39, 0.29) is 0 Å². The van der Waals surface area contributed by atoms with Crippen LogP contribution in [-0.4, -0.2) is 11.3 Å². The quantitative estimate of drug-likeness (QED) is 0.307. The molecule has 0 aliphatic heterocycles. The van der Waals surface area contributed by atoms with Gasteiger partial charge in [0.05, 0.1) is 5.69 Å². The van der Waals surface area contributed by atoms with Crippen LogP contribution in [0, 0.1) is 0 Å². The van der Waals surface area contributed by atoms with Crippen LogP contribution in [0.5, 0.6) is 5.75 Å². The van der Waals surface area contributed by atoms with Gasteiger partial charge in [0.15, 0.2) is 0 Å². The fourth-order valence-corrected chi connectivity index (χ4v) is 2.83. The Morgan fingerprint density at radius 3 is 2.14 bits per heavy atom. The van der Waals surface area contributed by atoms with Gasteiger partial charge in [-0.2, -0.15) is 0 Å². The van der Waals surface area contributed by atoms with E-state index in [1.165, 1.54) is 0 Å². The molecule has 5 heteroatoms. The third-order valence-corrected chi connectivity index (χ3v) is 4.23. The number of aromatic hydroxyl groups is 1. The molecule has 0 atom stereocenters. The molecule has 2 nitrogen and oxygen atoms in total. The van der Waals surface area contributed by atoms with Gasteiger partial charge in [-0.05, 0) is 53.8 Å². The van der Waals surface area contributed by atoms with Crippen molar-refractivity contribution >= 4 is 30.5 Å². The van der Waals surface area contributed by atoms with Gasteiger partial charge in [-0.15, -0.1) is 0 Å². The number of aryl methyl sites for hydroxylation is 1. The molecular weight excluding hydrogens is 425 g/mol. The second kappa shape index (κ2) is 12.8. The number of phenols is 1. The molecule has 0 fully saturated rings. The zero-order valence-electron chi connectivity index (χ0n) is 15.8. The molecule has 0 aliphatic rings. The second-order valence-electron chi connectivity index (χ2n) is 6.21. The Kier molecular flexibility index (Phi) is 10.4. The van der Waals surface area contributed by atoms with E-state index in [0.717, 1.165) is 47.2 Å². The van der Waals surface area contributed by atoms with Crippen molar-refractivity contribution in [2.24, 2.45) is 4.99 Å². The van der Waals surface area contributed by atoms with Crippen LogP contribution in [0.15, 0.2) is 77.8 Å². The average Bonchev–Trinajstić information content (AvgIpc) is 2.74. The summed E-state index contributed by atoms with van der Waals surface area (Å²) < 4.78 is 0. The van der Waals surface area contributed by atoms with Crippen molar-refractivity contribution < 1.29 is 22.1 Å². The van der Waals surface area contributed by atoms with Gasteiger partial charge >= 0.3 is 35.6 Å². The number of rotatable bonds is 6. The molecule has 0 radical (unpaired) electrons. The number of para-hydroxylation sites is 1. The molecule has 28 heavy (non-hydrogen) atoms. The number of aliphatic imine (C=N–C) groups is 1. The fraction of sp³-hybridized carbons (Fsp3) is 0.174. The van der Waals surface area contributed by atoms with Gasteiger partial charge in [-0.25, -0.2) is 0 Å². The Labute approximate surface area is 183 Å². The molecule has 0 saturated heterocycles. The summed E-state index contributed by atoms with van der Waals surface area (Å²) in [4.78, 5) is 4.51. The Balaban J connectivity index is 0.000000878. The van der Waals surface area contributed by atoms with E-state index >= 15 is 0 Å². The maximum atomic E-state index is 10.7. The Morgan fingerprint density at radius 2 is 1.54 bits per heavy atom. The van der Waals surface area contributed by atoms with Crippen LogP contribution >= 0.6 is 18.6 Å². The van der Waals surface area contributed by atoms with Crippen LogP contribution in [0.4, 0.5) is 5.69 Å². The molecule has 0 spiro atoms. The van der Waals surface area contributed by atoms with Crippen molar-refractivity contribution in [2.45, 2.75) is 26.2 Å². The first-order valence-corrected chi connectivity index (χ1v) is 13.5. The van der Waals surface area contributed by atoms with Gasteiger partial charge in [-0.1, -0.05) is 61.9 Å². The summed E-state index contributed by atoms with van der Waals surface area (Å²) in [6, 6.07) is 24.2. The first-order chi connectivity index (χ1) is 13.7. The summed E-state index contributed by atoms with van der Waals surface area (Å²) in [5.74, 6) is 0.341. The van der Waals surface area contributed by atoms with Crippen LogP contribution < -0.4 is 0 Å². The summed E-state index contributed by atoms with van der Waals surface area (Å²) in [7, 11) is 9.78. The van der Waals surface area contributed by atoms with Crippen molar-refractivity contribution in [2.75, 3.05) is 0 Å². The minimum absolute atomic E-state index is 0.341. The van der Waals surface area contributed by atoms with Crippen LogP contribution in [0.25, 0.3) is 11.1 Å². The van der Waals surface area contributed by atoms with Crippen molar-refractivity contribution in [1.29, 1.82) is 0 Å². The summed E-state index contributed by atoms with van der Waals surface area (Å²) in [5.41, 5.74) is 4.88. The number of phenolic OH excluding ortho intramolecular Hbond substituents is 1. The van der Waals surface area contributed by atoms with Crippen LogP contribution in [-0.2, 0) is 23.5 Å². The molecule has 3 aromatic carbocycles. The molecule has 0 heterocycles. The van der Waals surface area contributed by atoms with Crippen molar-refractivity contribution in [3.8, 4) is 16.9 Å². The van der Waals surface area contributed by atoms with E-state index in [1.54, 1.807) is 6.21 Å². The minimum atomic E-state index is -0.556. The van der Waals surface area contributed by atoms with Crippen molar-refractivity contribution in [3.05, 3.63) is 83.9 Å². The van der Waals surface area contributed by atoms with E-state index in [4.69, 9.17) is 18.6 Å². The van der Waals surface area contributed by atoms with Gasteiger partial charge in [0.2, 0.25) is 0 Å². The van der Waals surface area contributed by atoms with Crippen LogP contribution in [0.3, 0.4) is 0 Å². The van der Waals surface area contributed by atoms with Gasteiger partial charge < -0.3 is 5.11 Å². The first kappa shape index (κ1) is 22.7. The number of nitrogens with zero attached hydrogens (tertiary/aromatic N) is 1. The molecule has 144 valence electrons. The standard InChI is InChI=1S/C23H23NO.2ClH.Ti/c1-2-3-10-19-15-20(18-11-6-4-7-12-18)16-21(23(19)25)17-24-22-13-8-5-9-14-22;;;/h4-9,11-17,25H,2-3,10H2,1H3;2*1H;/q;;;+2/p-2. The molecule has 3 rings (SSSR count). The normalized spacial score (nSPS) is 10.4. The Hall–Kier alpha value is -1.58. The number of unbranched alkanes of at least 4 members (excludes halogenated alkanes) is 1. The van der Waals surface area contributed by atoms with Crippen molar-refractivity contribution in [1.82, 2.24) is 0 Å². The monoisotopic (exact) mass is 447 g/mol. The van der Waals surface area contributed by atoms with E-state index in [2.05, 4.69) is 30.1 Å². The van der Waals surface area contributed by atoms with E-state index in [9.17, 15) is 5.11 Å². The zero-order valence-corrected chi connectivity index (χ0v) is 18.9.